The van der Waals surface area contributed by atoms with Crippen LogP contribution in [-0.4, -0.2) is 28.6 Å². The Labute approximate surface area is 169 Å². The molecule has 11 heteroatoms. The second-order valence-electron chi connectivity index (χ2n) is 5.83. The number of aromatic nitrogens is 4. The molecule has 4 aromatic rings. The molecule has 142 valence electrons. The molecular formula is C17H12Cl2N6O2S. The Bertz CT molecular complexity index is 1290. The number of sulfonamides is 1. The zero-order valence-electron chi connectivity index (χ0n) is 14.0. The molecule has 2 aromatic carbocycles. The summed E-state index contributed by atoms with van der Waals surface area (Å²) in [7, 11) is -3.90. The first kappa shape index (κ1) is 18.5. The van der Waals surface area contributed by atoms with Gasteiger partial charge in [0.15, 0.2) is 11.5 Å². The minimum absolute atomic E-state index is 0.0773. The van der Waals surface area contributed by atoms with E-state index in [2.05, 4.69) is 24.9 Å². The number of nitrogens with zero attached hydrogens (tertiary/aromatic N) is 3. The number of hydrogen-bond acceptors (Lipinski definition) is 6. The predicted molar refractivity (Wildman–Crippen MR) is 109 cm³/mol. The van der Waals surface area contributed by atoms with Crippen LogP contribution in [0.1, 0.15) is 0 Å². The van der Waals surface area contributed by atoms with Gasteiger partial charge in [0.05, 0.1) is 10.4 Å². The fourth-order valence-electron chi connectivity index (χ4n) is 2.54. The average molecular weight is 435 g/mol. The first-order valence-corrected chi connectivity index (χ1v) is 10.1. The SMILES string of the molecule is Nc1[nH]nc2nc(-c3ccc(NS(=O)(=O)c4cc(Cl)ccc4Cl)cc3)ncc12. The summed E-state index contributed by atoms with van der Waals surface area (Å²) in [5, 5.41) is 7.62. The van der Waals surface area contributed by atoms with Crippen LogP contribution in [-0.2, 0) is 10.0 Å². The highest BCUT2D eigenvalue weighted by Crippen LogP contribution is 2.28. The second kappa shape index (κ2) is 6.93. The predicted octanol–water partition coefficient (Wildman–Crippen LogP) is 3.71. The number of nitrogens with two attached hydrogens (primary N) is 1. The van der Waals surface area contributed by atoms with E-state index in [4.69, 9.17) is 28.9 Å². The summed E-state index contributed by atoms with van der Waals surface area (Å²) in [5.74, 6) is 0.831. The smallest absolute Gasteiger partial charge is 0.263 e. The Morgan fingerprint density at radius 2 is 1.82 bits per heavy atom. The first-order chi connectivity index (χ1) is 13.3. The van der Waals surface area contributed by atoms with Crippen molar-refractivity contribution in [2.75, 3.05) is 10.5 Å². The molecule has 28 heavy (non-hydrogen) atoms. The van der Waals surface area contributed by atoms with Crippen LogP contribution >= 0.6 is 23.2 Å². The van der Waals surface area contributed by atoms with Crippen molar-refractivity contribution in [2.45, 2.75) is 4.90 Å². The molecular weight excluding hydrogens is 423 g/mol. The number of nitrogen functional groups attached to an aromatic ring is 1. The Balaban J connectivity index is 1.61. The lowest BCUT2D eigenvalue weighted by molar-refractivity contribution is 0.601. The van der Waals surface area contributed by atoms with Crippen molar-refractivity contribution >= 4 is 55.8 Å². The van der Waals surface area contributed by atoms with E-state index >= 15 is 0 Å². The molecule has 0 unspecified atom stereocenters. The Morgan fingerprint density at radius 3 is 2.57 bits per heavy atom. The van der Waals surface area contributed by atoms with Gasteiger partial charge in [-0.2, -0.15) is 5.10 Å². The van der Waals surface area contributed by atoms with Crippen LogP contribution in [0.4, 0.5) is 11.5 Å². The van der Waals surface area contributed by atoms with E-state index in [1.54, 1.807) is 30.5 Å². The molecule has 8 nitrogen and oxygen atoms in total. The monoisotopic (exact) mass is 434 g/mol. The average Bonchev–Trinajstić information content (AvgIpc) is 3.04. The van der Waals surface area contributed by atoms with E-state index in [0.717, 1.165) is 0 Å². The molecule has 0 fully saturated rings. The standard InChI is InChI=1S/C17H12Cl2N6O2S/c18-10-3-6-13(19)14(7-10)28(26,27)25-11-4-1-9(2-5-11)16-21-8-12-15(20)23-24-17(12)22-16/h1-8,25H,(H3,20,21,22,23,24). The minimum Gasteiger partial charge on any atom is -0.383 e. The van der Waals surface area contributed by atoms with E-state index in [1.165, 1.54) is 18.2 Å². The summed E-state index contributed by atoms with van der Waals surface area (Å²) in [6.07, 6.45) is 1.58. The topological polar surface area (TPSA) is 127 Å². The van der Waals surface area contributed by atoms with Gasteiger partial charge in [0.25, 0.3) is 10.0 Å². The van der Waals surface area contributed by atoms with Gasteiger partial charge in [-0.15, -0.1) is 0 Å². The number of H-pyrrole nitrogens is 1. The molecule has 0 saturated heterocycles. The quantitative estimate of drug-likeness (QED) is 0.449. The molecule has 0 bridgehead atoms. The maximum atomic E-state index is 12.6. The summed E-state index contributed by atoms with van der Waals surface area (Å²) < 4.78 is 27.6. The highest BCUT2D eigenvalue weighted by molar-refractivity contribution is 7.92. The van der Waals surface area contributed by atoms with Crippen LogP contribution in [0.3, 0.4) is 0 Å². The van der Waals surface area contributed by atoms with Crippen LogP contribution in [0, 0.1) is 0 Å². The number of benzene rings is 2. The van der Waals surface area contributed by atoms with E-state index in [0.29, 0.717) is 33.9 Å². The fourth-order valence-corrected chi connectivity index (χ4v) is 4.36. The van der Waals surface area contributed by atoms with Crippen LogP contribution in [0.25, 0.3) is 22.4 Å². The lowest BCUT2D eigenvalue weighted by Crippen LogP contribution is -2.13. The van der Waals surface area contributed by atoms with Crippen LogP contribution in [0.5, 0.6) is 0 Å². The lowest BCUT2D eigenvalue weighted by Gasteiger charge is -2.10. The Morgan fingerprint density at radius 1 is 1.07 bits per heavy atom. The maximum Gasteiger partial charge on any atom is 0.263 e. The van der Waals surface area contributed by atoms with Gasteiger partial charge in [-0.1, -0.05) is 23.2 Å². The zero-order valence-corrected chi connectivity index (χ0v) is 16.3. The van der Waals surface area contributed by atoms with E-state index in [9.17, 15) is 8.42 Å². The summed E-state index contributed by atoms with van der Waals surface area (Å²) in [4.78, 5) is 8.50. The van der Waals surface area contributed by atoms with E-state index in [-0.39, 0.29) is 14.9 Å². The number of halogens is 2. The van der Waals surface area contributed by atoms with Gasteiger partial charge in [0.2, 0.25) is 0 Å². The Hall–Kier alpha value is -2.88. The highest BCUT2D eigenvalue weighted by Gasteiger charge is 2.19. The third-order valence-corrected chi connectivity index (χ3v) is 6.02. The maximum absolute atomic E-state index is 12.6. The molecule has 0 amide bonds. The van der Waals surface area contributed by atoms with Crippen molar-refractivity contribution < 1.29 is 8.42 Å². The number of hydrogen-bond donors (Lipinski definition) is 3. The number of anilines is 2. The van der Waals surface area contributed by atoms with Gasteiger partial charge >= 0.3 is 0 Å². The molecule has 0 spiro atoms. The summed E-state index contributed by atoms with van der Waals surface area (Å²) >= 11 is 11.9. The van der Waals surface area contributed by atoms with Gasteiger partial charge in [-0.05, 0) is 42.5 Å². The van der Waals surface area contributed by atoms with Crippen molar-refractivity contribution in [1.29, 1.82) is 0 Å². The molecule has 4 N–H and O–H groups in total. The molecule has 4 rings (SSSR count). The van der Waals surface area contributed by atoms with E-state index < -0.39 is 10.0 Å². The van der Waals surface area contributed by atoms with Crippen LogP contribution < -0.4 is 10.5 Å². The van der Waals surface area contributed by atoms with Crippen molar-refractivity contribution in [3.05, 3.63) is 58.7 Å². The summed E-state index contributed by atoms with van der Waals surface area (Å²) in [6.45, 7) is 0. The van der Waals surface area contributed by atoms with Gasteiger partial charge in [0.1, 0.15) is 10.7 Å². The number of nitrogens with one attached hydrogen (secondary N) is 2. The first-order valence-electron chi connectivity index (χ1n) is 7.88. The minimum atomic E-state index is -3.90. The number of fused-ring (bicyclic) bond motifs is 1. The van der Waals surface area contributed by atoms with Gasteiger partial charge in [-0.25, -0.2) is 18.4 Å². The van der Waals surface area contributed by atoms with Crippen molar-refractivity contribution in [3.63, 3.8) is 0 Å². The van der Waals surface area contributed by atoms with Crippen LogP contribution in [0.15, 0.2) is 53.6 Å². The molecule has 0 aliphatic heterocycles. The fraction of sp³-hybridized carbons (Fsp3) is 0. The van der Waals surface area contributed by atoms with Crippen molar-refractivity contribution in [2.24, 2.45) is 0 Å². The molecule has 0 aliphatic carbocycles. The van der Waals surface area contributed by atoms with E-state index in [1.807, 2.05) is 0 Å². The molecule has 0 radical (unpaired) electrons. The van der Waals surface area contributed by atoms with Crippen molar-refractivity contribution in [3.8, 4) is 11.4 Å². The second-order valence-corrected chi connectivity index (χ2v) is 8.32. The van der Waals surface area contributed by atoms with Gasteiger partial charge in [-0.3, -0.25) is 9.82 Å². The molecule has 0 atom stereocenters. The highest BCUT2D eigenvalue weighted by atomic mass is 35.5. The number of aromatic amines is 1. The third kappa shape index (κ3) is 3.47. The summed E-state index contributed by atoms with van der Waals surface area (Å²) in [6, 6.07) is 10.8. The lowest BCUT2D eigenvalue weighted by atomic mass is 10.2. The zero-order chi connectivity index (χ0) is 19.9. The summed E-state index contributed by atoms with van der Waals surface area (Å²) in [5.41, 5.74) is 7.22. The van der Waals surface area contributed by atoms with Crippen molar-refractivity contribution in [1.82, 2.24) is 20.2 Å². The van der Waals surface area contributed by atoms with Crippen LogP contribution in [0.2, 0.25) is 10.0 Å². The molecule has 0 aliphatic rings. The molecule has 2 aromatic heterocycles. The Kier molecular flexibility index (Phi) is 4.58. The van der Waals surface area contributed by atoms with Gasteiger partial charge < -0.3 is 5.73 Å². The van der Waals surface area contributed by atoms with Gasteiger partial charge in [0, 0.05) is 22.5 Å². The molecule has 0 saturated carbocycles. The normalized spacial score (nSPS) is 11.6. The number of rotatable bonds is 4. The largest absolute Gasteiger partial charge is 0.383 e. The third-order valence-electron chi connectivity index (χ3n) is 3.92. The molecule has 2 heterocycles.